The number of hydrogen-bond donors (Lipinski definition) is 2. The first-order valence-corrected chi connectivity index (χ1v) is 7.33. The van der Waals surface area contributed by atoms with Crippen LogP contribution < -0.4 is 5.73 Å². The molecule has 0 atom stereocenters. The van der Waals surface area contributed by atoms with Gasteiger partial charge in [0.1, 0.15) is 0 Å². The average Bonchev–Trinajstić information content (AvgIpc) is 2.44. The van der Waals surface area contributed by atoms with E-state index in [-0.39, 0.29) is 12.0 Å². The lowest BCUT2D eigenvalue weighted by Crippen LogP contribution is -2.41. The van der Waals surface area contributed by atoms with Gasteiger partial charge in [0.15, 0.2) is 5.96 Å². The summed E-state index contributed by atoms with van der Waals surface area (Å²) < 4.78 is 0. The highest BCUT2D eigenvalue weighted by Gasteiger charge is 2.25. The van der Waals surface area contributed by atoms with Crippen molar-refractivity contribution < 1.29 is 5.11 Å². The highest BCUT2D eigenvalue weighted by Crippen LogP contribution is 2.30. The lowest BCUT2D eigenvalue weighted by atomic mass is 9.79. The largest absolute Gasteiger partial charge is 0.396 e. The van der Waals surface area contributed by atoms with Crippen LogP contribution in [0.1, 0.15) is 52.4 Å². The summed E-state index contributed by atoms with van der Waals surface area (Å²) >= 11 is 0. The molecule has 1 aliphatic heterocycles. The van der Waals surface area contributed by atoms with Gasteiger partial charge in [0.2, 0.25) is 0 Å². The van der Waals surface area contributed by atoms with Crippen LogP contribution >= 0.6 is 0 Å². The second kappa shape index (κ2) is 7.62. The second-order valence-electron chi connectivity index (χ2n) is 5.40. The van der Waals surface area contributed by atoms with Crippen LogP contribution in [0.25, 0.3) is 0 Å². The summed E-state index contributed by atoms with van der Waals surface area (Å²) in [6, 6.07) is 0. The molecule has 0 aromatic heterocycles. The van der Waals surface area contributed by atoms with Crippen molar-refractivity contribution in [2.24, 2.45) is 16.1 Å². The summed E-state index contributed by atoms with van der Waals surface area (Å²) in [4.78, 5) is 6.78. The first-order chi connectivity index (χ1) is 8.67. The number of nitrogens with zero attached hydrogens (tertiary/aromatic N) is 2. The lowest BCUT2D eigenvalue weighted by Gasteiger charge is -2.31. The number of aliphatic imine (C=N–C) groups is 1. The van der Waals surface area contributed by atoms with Crippen molar-refractivity contribution in [2.45, 2.75) is 52.4 Å². The third-order valence-corrected chi connectivity index (χ3v) is 4.40. The van der Waals surface area contributed by atoms with Gasteiger partial charge >= 0.3 is 0 Å². The number of rotatable bonds is 6. The maximum absolute atomic E-state index is 9.19. The molecule has 0 aromatic carbocycles. The number of guanidine groups is 1. The molecule has 0 aliphatic carbocycles. The van der Waals surface area contributed by atoms with Crippen LogP contribution in [-0.2, 0) is 0 Å². The van der Waals surface area contributed by atoms with Crippen molar-refractivity contribution in [1.82, 2.24) is 4.90 Å². The summed E-state index contributed by atoms with van der Waals surface area (Å²) in [6.07, 6.45) is 6.65. The molecule has 1 rings (SSSR count). The molecule has 1 aliphatic rings. The van der Waals surface area contributed by atoms with E-state index in [1.165, 1.54) is 19.3 Å². The molecule has 0 bridgehead atoms. The second-order valence-corrected chi connectivity index (χ2v) is 5.40. The van der Waals surface area contributed by atoms with E-state index in [0.717, 1.165) is 38.9 Å². The number of piperidine rings is 1. The van der Waals surface area contributed by atoms with Crippen molar-refractivity contribution in [3.05, 3.63) is 0 Å². The predicted molar refractivity (Wildman–Crippen MR) is 76.6 cm³/mol. The van der Waals surface area contributed by atoms with E-state index in [0.29, 0.717) is 5.96 Å². The third kappa shape index (κ3) is 4.16. The molecule has 0 amide bonds. The first kappa shape index (κ1) is 15.3. The van der Waals surface area contributed by atoms with Crippen LogP contribution in [0, 0.1) is 5.41 Å². The molecule has 0 aromatic rings. The molecule has 1 heterocycles. The number of nitrogens with two attached hydrogens (primary N) is 1. The van der Waals surface area contributed by atoms with E-state index in [2.05, 4.69) is 23.7 Å². The Morgan fingerprint density at radius 1 is 1.22 bits per heavy atom. The van der Waals surface area contributed by atoms with Gasteiger partial charge in [-0.15, -0.1) is 0 Å². The molecule has 18 heavy (non-hydrogen) atoms. The van der Waals surface area contributed by atoms with Gasteiger partial charge in [0, 0.05) is 26.2 Å². The van der Waals surface area contributed by atoms with Crippen LogP contribution in [0.2, 0.25) is 0 Å². The van der Waals surface area contributed by atoms with Crippen molar-refractivity contribution in [2.75, 3.05) is 26.2 Å². The van der Waals surface area contributed by atoms with Crippen molar-refractivity contribution in [3.63, 3.8) is 0 Å². The number of likely N-dealkylation sites (tertiary alicyclic amines) is 1. The van der Waals surface area contributed by atoms with Gasteiger partial charge in [0.05, 0.1) is 0 Å². The van der Waals surface area contributed by atoms with Gasteiger partial charge in [-0.05, 0) is 43.9 Å². The molecule has 3 N–H and O–H groups in total. The van der Waals surface area contributed by atoms with Crippen LogP contribution in [0.3, 0.4) is 0 Å². The molecule has 4 heteroatoms. The van der Waals surface area contributed by atoms with E-state index in [4.69, 9.17) is 5.73 Å². The Bertz CT molecular complexity index is 256. The van der Waals surface area contributed by atoms with E-state index in [1.54, 1.807) is 0 Å². The lowest BCUT2D eigenvalue weighted by molar-refractivity contribution is 0.175. The Balaban J connectivity index is 2.57. The summed E-state index contributed by atoms with van der Waals surface area (Å²) in [7, 11) is 0. The van der Waals surface area contributed by atoms with Crippen LogP contribution in [-0.4, -0.2) is 42.2 Å². The topological polar surface area (TPSA) is 61.9 Å². The Morgan fingerprint density at radius 3 is 2.33 bits per heavy atom. The third-order valence-electron chi connectivity index (χ3n) is 4.40. The molecule has 0 spiro atoms. The molecule has 106 valence electrons. The Morgan fingerprint density at radius 2 is 1.83 bits per heavy atom. The summed E-state index contributed by atoms with van der Waals surface area (Å²) in [5.41, 5.74) is 6.19. The normalized spacial score (nSPS) is 18.2. The maximum atomic E-state index is 9.19. The van der Waals surface area contributed by atoms with Gasteiger partial charge in [-0.1, -0.05) is 13.8 Å². The highest BCUT2D eigenvalue weighted by atomic mass is 16.3. The fraction of sp³-hybridized carbons (Fsp3) is 0.929. The van der Waals surface area contributed by atoms with Gasteiger partial charge in [-0.3, -0.25) is 4.99 Å². The minimum absolute atomic E-state index is 0.120. The van der Waals surface area contributed by atoms with Crippen LogP contribution in [0.5, 0.6) is 0 Å². The SMILES string of the molecule is CCC(CC)(CCO)CN=C(N)N1CCCCC1. The fourth-order valence-corrected chi connectivity index (χ4v) is 2.62. The summed E-state index contributed by atoms with van der Waals surface area (Å²) in [5, 5.41) is 9.19. The van der Waals surface area contributed by atoms with Crippen LogP contribution in [0.4, 0.5) is 0 Å². The molecular weight excluding hydrogens is 226 g/mol. The monoisotopic (exact) mass is 255 g/mol. The Hall–Kier alpha value is -0.770. The standard InChI is InChI=1S/C14H29N3O/c1-3-14(4-2,8-11-18)12-16-13(15)17-9-6-5-7-10-17/h18H,3-12H2,1-2H3,(H2,15,16). The minimum atomic E-state index is 0.120. The Kier molecular flexibility index (Phi) is 6.47. The molecule has 0 radical (unpaired) electrons. The first-order valence-electron chi connectivity index (χ1n) is 7.33. The van der Waals surface area contributed by atoms with Gasteiger partial charge in [0.25, 0.3) is 0 Å². The predicted octanol–water partition coefficient (Wildman–Crippen LogP) is 1.98. The molecular formula is C14H29N3O. The maximum Gasteiger partial charge on any atom is 0.191 e. The van der Waals surface area contributed by atoms with Crippen molar-refractivity contribution in [3.8, 4) is 0 Å². The smallest absolute Gasteiger partial charge is 0.191 e. The van der Waals surface area contributed by atoms with Crippen molar-refractivity contribution in [1.29, 1.82) is 0 Å². The molecule has 4 nitrogen and oxygen atoms in total. The zero-order chi connectivity index (χ0) is 13.4. The van der Waals surface area contributed by atoms with E-state index < -0.39 is 0 Å². The zero-order valence-corrected chi connectivity index (χ0v) is 12.0. The Labute approximate surface area is 111 Å². The zero-order valence-electron chi connectivity index (χ0n) is 12.0. The van der Waals surface area contributed by atoms with E-state index in [1.807, 2.05) is 0 Å². The quantitative estimate of drug-likeness (QED) is 0.563. The summed E-state index contributed by atoms with van der Waals surface area (Å²) in [6.45, 7) is 7.41. The molecule has 1 saturated heterocycles. The van der Waals surface area contributed by atoms with E-state index >= 15 is 0 Å². The average molecular weight is 255 g/mol. The van der Waals surface area contributed by atoms with Crippen LogP contribution in [0.15, 0.2) is 4.99 Å². The van der Waals surface area contributed by atoms with Gasteiger partial charge in [-0.25, -0.2) is 0 Å². The van der Waals surface area contributed by atoms with Gasteiger partial charge < -0.3 is 15.7 Å². The molecule has 0 unspecified atom stereocenters. The van der Waals surface area contributed by atoms with Gasteiger partial charge in [-0.2, -0.15) is 0 Å². The van der Waals surface area contributed by atoms with E-state index in [9.17, 15) is 5.11 Å². The minimum Gasteiger partial charge on any atom is -0.396 e. The summed E-state index contributed by atoms with van der Waals surface area (Å²) in [5.74, 6) is 0.693. The molecule has 0 saturated carbocycles. The highest BCUT2D eigenvalue weighted by molar-refractivity contribution is 5.78. The number of aliphatic hydroxyl groups excluding tert-OH is 1. The number of aliphatic hydroxyl groups is 1. The number of hydrogen-bond acceptors (Lipinski definition) is 2. The fourth-order valence-electron chi connectivity index (χ4n) is 2.62. The van der Waals surface area contributed by atoms with Crippen molar-refractivity contribution >= 4 is 5.96 Å². The molecule has 1 fully saturated rings.